The van der Waals surface area contributed by atoms with Gasteiger partial charge >= 0.3 is 11.9 Å². The highest BCUT2D eigenvalue weighted by Crippen LogP contribution is 2.26. The Balaban J connectivity index is 1.95. The van der Waals surface area contributed by atoms with Crippen molar-refractivity contribution in [1.82, 2.24) is 4.90 Å². The van der Waals surface area contributed by atoms with Crippen LogP contribution in [0.4, 0.5) is 4.79 Å². The molecule has 3 rings (SSSR count). The van der Waals surface area contributed by atoms with E-state index in [0.717, 1.165) is 5.56 Å². The van der Waals surface area contributed by atoms with Crippen LogP contribution in [0.5, 0.6) is 0 Å². The molecule has 0 saturated heterocycles. The average Bonchev–Trinajstić information content (AvgIpc) is 2.58. The number of carbonyl (C=O) groups excluding carboxylic acids is 2. The van der Waals surface area contributed by atoms with Crippen molar-refractivity contribution in [2.45, 2.75) is 13.5 Å². The summed E-state index contributed by atoms with van der Waals surface area (Å²) in [6, 6.07) is 6.64. The normalized spacial score (nSPS) is 20.2. The van der Waals surface area contributed by atoms with Crippen molar-refractivity contribution in [2.75, 3.05) is 13.7 Å². The van der Waals surface area contributed by atoms with Gasteiger partial charge in [-0.15, -0.1) is 4.99 Å². The van der Waals surface area contributed by atoms with Crippen LogP contribution in [0.1, 0.15) is 12.5 Å². The van der Waals surface area contributed by atoms with Gasteiger partial charge in [0.15, 0.2) is 5.92 Å². The number of amides is 3. The number of imide groups is 1. The number of ether oxygens (including phenoxy) is 1. The molecule has 1 atom stereocenters. The molecular formula is C17H17ClN3O3+. The van der Waals surface area contributed by atoms with E-state index in [1.165, 1.54) is 9.48 Å². The third kappa shape index (κ3) is 2.85. The lowest BCUT2D eigenvalue weighted by Gasteiger charge is -2.28. The standard InChI is InChI=1S/C17H17ClN3O3/c1-3-24-13-8-9-19-15-14(13)16(22)21(17(23)20(15)2)10-11-4-6-12(18)7-5-11/h4-9,14H,3,10H2,1-2H3/q+1. The third-order valence-electron chi connectivity index (χ3n) is 3.93. The van der Waals surface area contributed by atoms with Crippen LogP contribution in [0, 0.1) is 5.92 Å². The molecule has 0 bridgehead atoms. The molecule has 124 valence electrons. The van der Waals surface area contributed by atoms with Gasteiger partial charge in [0, 0.05) is 11.1 Å². The Morgan fingerprint density at radius 2 is 2.00 bits per heavy atom. The third-order valence-corrected chi connectivity index (χ3v) is 4.18. The van der Waals surface area contributed by atoms with E-state index in [1.807, 2.05) is 6.92 Å². The van der Waals surface area contributed by atoms with E-state index in [1.54, 1.807) is 43.6 Å². The maximum atomic E-state index is 12.9. The number of rotatable bonds is 4. The number of hydrogen-bond donors (Lipinski definition) is 0. The number of hydrogen-bond acceptors (Lipinski definition) is 4. The van der Waals surface area contributed by atoms with E-state index in [0.29, 0.717) is 23.2 Å². The van der Waals surface area contributed by atoms with Gasteiger partial charge in [-0.3, -0.25) is 4.79 Å². The molecule has 1 aromatic rings. The van der Waals surface area contributed by atoms with Gasteiger partial charge in [-0.1, -0.05) is 23.7 Å². The second-order valence-electron chi connectivity index (χ2n) is 5.46. The van der Waals surface area contributed by atoms with Gasteiger partial charge in [0.25, 0.3) is 5.84 Å². The predicted molar refractivity (Wildman–Crippen MR) is 90.3 cm³/mol. The number of amidine groups is 1. The molecule has 0 fully saturated rings. The van der Waals surface area contributed by atoms with Crippen LogP contribution < -0.4 is 0 Å². The van der Waals surface area contributed by atoms with Gasteiger partial charge in [-0.05, 0) is 24.6 Å². The Bertz CT molecular complexity index is 781. The zero-order valence-electron chi connectivity index (χ0n) is 13.4. The molecule has 2 aliphatic rings. The minimum atomic E-state index is -0.690. The number of dihydropyridines is 1. The monoisotopic (exact) mass is 346 g/mol. The van der Waals surface area contributed by atoms with Crippen molar-refractivity contribution in [2.24, 2.45) is 10.9 Å². The van der Waals surface area contributed by atoms with E-state index in [9.17, 15) is 9.59 Å². The Labute approximate surface area is 144 Å². The maximum Gasteiger partial charge on any atom is 0.445 e. The fraction of sp³-hybridized carbons (Fsp3) is 0.294. The molecule has 24 heavy (non-hydrogen) atoms. The first-order valence-electron chi connectivity index (χ1n) is 7.60. The van der Waals surface area contributed by atoms with Crippen LogP contribution in [0.2, 0.25) is 5.02 Å². The molecule has 0 saturated carbocycles. The molecule has 3 amide bonds. The topological polar surface area (TPSA) is 62.0 Å². The first-order valence-corrected chi connectivity index (χ1v) is 7.98. The first kappa shape index (κ1) is 16.4. The van der Waals surface area contributed by atoms with Crippen LogP contribution in [-0.2, 0) is 16.1 Å². The quantitative estimate of drug-likeness (QED) is 0.787. The average molecular weight is 347 g/mol. The van der Waals surface area contributed by atoms with Crippen LogP contribution in [-0.4, -0.2) is 47.1 Å². The Kier molecular flexibility index (Phi) is 4.49. The zero-order valence-corrected chi connectivity index (χ0v) is 14.2. The fourth-order valence-electron chi connectivity index (χ4n) is 2.74. The van der Waals surface area contributed by atoms with Crippen LogP contribution >= 0.6 is 11.6 Å². The van der Waals surface area contributed by atoms with Crippen molar-refractivity contribution in [3.63, 3.8) is 0 Å². The maximum absolute atomic E-state index is 12.9. The molecule has 0 N–H and O–H groups in total. The largest absolute Gasteiger partial charge is 0.497 e. The van der Waals surface area contributed by atoms with Gasteiger partial charge in [0.05, 0.1) is 13.7 Å². The summed E-state index contributed by atoms with van der Waals surface area (Å²) in [6.45, 7) is 2.46. The second kappa shape index (κ2) is 6.57. The molecule has 1 aromatic carbocycles. The number of halogens is 1. The molecule has 0 aliphatic carbocycles. The van der Waals surface area contributed by atoms with Crippen molar-refractivity contribution in [3.8, 4) is 0 Å². The Morgan fingerprint density at radius 1 is 1.29 bits per heavy atom. The summed E-state index contributed by atoms with van der Waals surface area (Å²) in [4.78, 5) is 30.9. The van der Waals surface area contributed by atoms with Crippen LogP contribution in [0.15, 0.2) is 41.1 Å². The van der Waals surface area contributed by atoms with E-state index >= 15 is 0 Å². The lowest BCUT2D eigenvalue weighted by molar-refractivity contribution is -0.409. The van der Waals surface area contributed by atoms with Crippen molar-refractivity contribution < 1.29 is 18.9 Å². The van der Waals surface area contributed by atoms with E-state index < -0.39 is 11.9 Å². The summed E-state index contributed by atoms with van der Waals surface area (Å²) in [6.07, 6.45) is 3.21. The van der Waals surface area contributed by atoms with Crippen molar-refractivity contribution in [3.05, 3.63) is 46.7 Å². The predicted octanol–water partition coefficient (Wildman–Crippen LogP) is 2.46. The lowest BCUT2D eigenvalue weighted by Crippen LogP contribution is -2.54. The smallest absolute Gasteiger partial charge is 0.445 e. The number of benzene rings is 1. The Hall–Kier alpha value is -2.47. The minimum absolute atomic E-state index is 0.173. The molecule has 2 heterocycles. The summed E-state index contributed by atoms with van der Waals surface area (Å²) in [5, 5.41) is 0.603. The summed E-state index contributed by atoms with van der Waals surface area (Å²) < 4.78 is 6.96. The molecule has 6 nitrogen and oxygen atoms in total. The fourth-order valence-corrected chi connectivity index (χ4v) is 2.87. The highest BCUT2D eigenvalue weighted by atomic mass is 35.5. The molecule has 0 aromatic heterocycles. The van der Waals surface area contributed by atoms with Crippen molar-refractivity contribution >= 4 is 35.6 Å². The number of nitrogens with zero attached hydrogens (tertiary/aromatic N) is 3. The van der Waals surface area contributed by atoms with Crippen LogP contribution in [0.25, 0.3) is 0 Å². The number of carbonyl (C=O) groups is 2. The van der Waals surface area contributed by atoms with Gasteiger partial charge in [-0.2, -0.15) is 9.48 Å². The second-order valence-corrected chi connectivity index (χ2v) is 5.90. The number of allylic oxidation sites excluding steroid dienone is 1. The van der Waals surface area contributed by atoms with Crippen LogP contribution in [0.3, 0.4) is 0 Å². The molecule has 1 unspecified atom stereocenters. The Morgan fingerprint density at radius 3 is 2.67 bits per heavy atom. The van der Waals surface area contributed by atoms with E-state index in [4.69, 9.17) is 16.3 Å². The van der Waals surface area contributed by atoms with E-state index in [-0.39, 0.29) is 12.5 Å². The number of aliphatic imine (C=N–C) groups is 1. The zero-order chi connectivity index (χ0) is 17.3. The molecular weight excluding hydrogens is 330 g/mol. The minimum Gasteiger partial charge on any atom is -0.497 e. The summed E-state index contributed by atoms with van der Waals surface area (Å²) in [5.41, 5.74) is 0.819. The van der Waals surface area contributed by atoms with Gasteiger partial charge in [-0.25, -0.2) is 4.79 Å². The molecule has 0 spiro atoms. The SMILES string of the molecule is CCOC1=CC=NC2=[N+](C)C(=O)N(Cc3ccc(Cl)cc3)C(=O)C12. The number of fused-ring (bicyclic) bond motifs is 1. The molecule has 0 radical (unpaired) electrons. The van der Waals surface area contributed by atoms with Gasteiger partial charge < -0.3 is 4.74 Å². The highest BCUT2D eigenvalue weighted by Gasteiger charge is 2.49. The van der Waals surface area contributed by atoms with Crippen molar-refractivity contribution in [1.29, 1.82) is 0 Å². The van der Waals surface area contributed by atoms with Gasteiger partial charge in [0.1, 0.15) is 18.5 Å². The molecule has 2 aliphatic heterocycles. The first-order chi connectivity index (χ1) is 11.5. The molecule has 7 heteroatoms. The number of urea groups is 1. The summed E-state index contributed by atoms with van der Waals surface area (Å²) in [5.74, 6) is -0.124. The van der Waals surface area contributed by atoms with E-state index in [2.05, 4.69) is 4.99 Å². The van der Waals surface area contributed by atoms with Gasteiger partial charge in [0.2, 0.25) is 0 Å². The summed E-state index contributed by atoms with van der Waals surface area (Å²) >= 11 is 5.88. The lowest BCUT2D eigenvalue weighted by atomic mass is 9.99. The summed E-state index contributed by atoms with van der Waals surface area (Å²) in [7, 11) is 1.61. The highest BCUT2D eigenvalue weighted by molar-refractivity contribution is 6.30.